The summed E-state index contributed by atoms with van der Waals surface area (Å²) in [5.41, 5.74) is 4.43. The average molecular weight is 491 g/mol. The zero-order chi connectivity index (χ0) is 24.2. The summed E-state index contributed by atoms with van der Waals surface area (Å²) in [6, 6.07) is 13.4. The van der Waals surface area contributed by atoms with E-state index in [0.717, 1.165) is 28.9 Å². The molecule has 9 heteroatoms. The van der Waals surface area contributed by atoms with E-state index in [2.05, 4.69) is 39.6 Å². The standard InChI is InChI=1S/C26H23FN4O3S/c27-20-12-28-26(29-13-20)31-14-23(18-3-1-2-17(10-18)16-4-5-16)22-7-6-19(11-24(22)31)25(32)30-21-8-9-35(33,34)15-21/h1-3,6-7,10-14,16,21H,4-5,8-9,15H2,(H,30,32)/t21-/m0/s1. The minimum absolute atomic E-state index is 0.0394. The molecule has 1 aliphatic carbocycles. The smallest absolute Gasteiger partial charge is 0.251 e. The van der Waals surface area contributed by atoms with E-state index in [-0.39, 0.29) is 17.4 Å². The molecule has 178 valence electrons. The highest BCUT2D eigenvalue weighted by atomic mass is 32.2. The summed E-state index contributed by atoms with van der Waals surface area (Å²) >= 11 is 0. The maximum atomic E-state index is 13.5. The molecule has 7 nitrogen and oxygen atoms in total. The van der Waals surface area contributed by atoms with Gasteiger partial charge >= 0.3 is 0 Å². The lowest BCUT2D eigenvalue weighted by Crippen LogP contribution is -2.35. The molecule has 3 heterocycles. The summed E-state index contributed by atoms with van der Waals surface area (Å²) in [6.07, 6.45) is 6.95. The van der Waals surface area contributed by atoms with Gasteiger partial charge in [0.25, 0.3) is 5.91 Å². The summed E-state index contributed by atoms with van der Waals surface area (Å²) in [4.78, 5) is 21.2. The Morgan fingerprint density at radius 2 is 1.86 bits per heavy atom. The first-order valence-electron chi connectivity index (χ1n) is 11.6. The van der Waals surface area contributed by atoms with Crippen LogP contribution in [0.25, 0.3) is 28.0 Å². The Balaban J connectivity index is 1.43. The van der Waals surface area contributed by atoms with Crippen LogP contribution < -0.4 is 5.32 Å². The van der Waals surface area contributed by atoms with Crippen LogP contribution in [-0.2, 0) is 9.84 Å². The molecular formula is C26H23FN4O3S. The number of aromatic nitrogens is 3. The molecule has 1 N–H and O–H groups in total. The number of hydrogen-bond acceptors (Lipinski definition) is 5. The van der Waals surface area contributed by atoms with Crippen molar-refractivity contribution in [2.75, 3.05) is 11.5 Å². The van der Waals surface area contributed by atoms with Crippen molar-refractivity contribution in [3.8, 4) is 17.1 Å². The second-order valence-corrected chi connectivity index (χ2v) is 11.5. The number of halogens is 1. The molecule has 0 bridgehead atoms. The van der Waals surface area contributed by atoms with Crippen LogP contribution in [0.15, 0.2) is 61.1 Å². The number of nitrogens with zero attached hydrogens (tertiary/aromatic N) is 3. The predicted octanol–water partition coefficient (Wildman–Crippen LogP) is 4.02. The molecule has 2 fully saturated rings. The number of rotatable bonds is 5. The van der Waals surface area contributed by atoms with Crippen LogP contribution >= 0.6 is 0 Å². The van der Waals surface area contributed by atoms with E-state index in [1.807, 2.05) is 12.3 Å². The van der Waals surface area contributed by atoms with Gasteiger partial charge in [-0.2, -0.15) is 0 Å². The number of benzene rings is 2. The minimum atomic E-state index is -3.10. The first-order chi connectivity index (χ1) is 16.9. The quantitative estimate of drug-likeness (QED) is 0.456. The van der Waals surface area contributed by atoms with Crippen LogP contribution in [0.3, 0.4) is 0 Å². The van der Waals surface area contributed by atoms with Crippen LogP contribution in [0.2, 0.25) is 0 Å². The summed E-state index contributed by atoms with van der Waals surface area (Å²) in [5.74, 6) is 0.0832. The number of carbonyl (C=O) groups excluding carboxylic acids is 1. The molecule has 0 radical (unpaired) electrons. The van der Waals surface area contributed by atoms with Crippen molar-refractivity contribution < 1.29 is 17.6 Å². The lowest BCUT2D eigenvalue weighted by atomic mass is 10.00. The Morgan fingerprint density at radius 3 is 2.57 bits per heavy atom. The zero-order valence-electron chi connectivity index (χ0n) is 18.8. The normalized spacial score (nSPS) is 19.2. The molecule has 0 unspecified atom stereocenters. The highest BCUT2D eigenvalue weighted by molar-refractivity contribution is 7.91. The number of sulfone groups is 1. The van der Waals surface area contributed by atoms with Gasteiger partial charge in [0, 0.05) is 28.8 Å². The fraction of sp³-hybridized carbons (Fsp3) is 0.269. The van der Waals surface area contributed by atoms with Gasteiger partial charge in [-0.25, -0.2) is 22.8 Å². The van der Waals surface area contributed by atoms with Crippen molar-refractivity contribution in [3.05, 3.63) is 78.0 Å². The molecule has 0 spiro atoms. The summed E-state index contributed by atoms with van der Waals surface area (Å²) in [7, 11) is -3.10. The van der Waals surface area contributed by atoms with Crippen LogP contribution in [0, 0.1) is 5.82 Å². The Hall–Kier alpha value is -3.59. The van der Waals surface area contributed by atoms with Gasteiger partial charge in [-0.1, -0.05) is 30.3 Å². The molecule has 1 saturated heterocycles. The highest BCUT2D eigenvalue weighted by Gasteiger charge is 2.29. The van der Waals surface area contributed by atoms with Crippen LogP contribution in [0.4, 0.5) is 4.39 Å². The van der Waals surface area contributed by atoms with Crippen molar-refractivity contribution in [1.29, 1.82) is 0 Å². The van der Waals surface area contributed by atoms with Gasteiger partial charge in [0.1, 0.15) is 0 Å². The maximum Gasteiger partial charge on any atom is 0.251 e. The molecule has 6 rings (SSSR count). The van der Waals surface area contributed by atoms with Crippen LogP contribution in [-0.4, -0.2) is 46.4 Å². The van der Waals surface area contributed by atoms with E-state index < -0.39 is 21.7 Å². The van der Waals surface area contributed by atoms with Crippen molar-refractivity contribution in [3.63, 3.8) is 0 Å². The largest absolute Gasteiger partial charge is 0.348 e. The van der Waals surface area contributed by atoms with E-state index in [9.17, 15) is 17.6 Å². The van der Waals surface area contributed by atoms with Gasteiger partial charge in [-0.15, -0.1) is 0 Å². The van der Waals surface area contributed by atoms with Gasteiger partial charge in [0.2, 0.25) is 5.95 Å². The minimum Gasteiger partial charge on any atom is -0.348 e. The number of hydrogen-bond donors (Lipinski definition) is 1. The van der Waals surface area contributed by atoms with E-state index in [1.165, 1.54) is 18.4 Å². The van der Waals surface area contributed by atoms with Gasteiger partial charge in [-0.05, 0) is 48.4 Å². The Morgan fingerprint density at radius 1 is 1.06 bits per heavy atom. The third kappa shape index (κ3) is 4.32. The number of carbonyl (C=O) groups is 1. The molecule has 1 amide bonds. The molecule has 2 aromatic heterocycles. The van der Waals surface area contributed by atoms with E-state index >= 15 is 0 Å². The van der Waals surface area contributed by atoms with Gasteiger partial charge in [0.15, 0.2) is 15.7 Å². The second kappa shape index (κ2) is 8.27. The fourth-order valence-corrected chi connectivity index (χ4v) is 6.42. The molecule has 4 aromatic rings. The Kier molecular flexibility index (Phi) is 5.17. The first kappa shape index (κ1) is 21.9. The van der Waals surface area contributed by atoms with Crippen molar-refractivity contribution in [1.82, 2.24) is 19.9 Å². The average Bonchev–Trinajstić information content (AvgIpc) is 3.55. The molecule has 2 aliphatic rings. The topological polar surface area (TPSA) is 94.0 Å². The molecular weight excluding hydrogens is 467 g/mol. The molecule has 35 heavy (non-hydrogen) atoms. The SMILES string of the molecule is O=C(N[C@H]1CCS(=O)(=O)C1)c1ccc2c(-c3cccc(C4CC4)c3)cn(-c3ncc(F)cn3)c2c1. The highest BCUT2D eigenvalue weighted by Crippen LogP contribution is 2.42. The van der Waals surface area contributed by atoms with Gasteiger partial charge in [0.05, 0.1) is 29.4 Å². The van der Waals surface area contributed by atoms with Crippen molar-refractivity contribution >= 4 is 26.6 Å². The van der Waals surface area contributed by atoms with E-state index in [4.69, 9.17) is 0 Å². The second-order valence-electron chi connectivity index (χ2n) is 9.32. The lowest BCUT2D eigenvalue weighted by molar-refractivity contribution is 0.0941. The molecule has 1 atom stereocenters. The summed E-state index contributed by atoms with van der Waals surface area (Å²) < 4.78 is 38.8. The lowest BCUT2D eigenvalue weighted by Gasteiger charge is -2.11. The third-order valence-corrected chi connectivity index (χ3v) is 8.47. The van der Waals surface area contributed by atoms with Crippen LogP contribution in [0.1, 0.15) is 41.1 Å². The van der Waals surface area contributed by atoms with Gasteiger partial charge < -0.3 is 5.32 Å². The summed E-state index contributed by atoms with van der Waals surface area (Å²) in [6.45, 7) is 0. The Labute approximate surface area is 201 Å². The fourth-order valence-electron chi connectivity index (χ4n) is 4.75. The Bertz CT molecular complexity index is 1560. The molecule has 1 saturated carbocycles. The van der Waals surface area contributed by atoms with Gasteiger partial charge in [-0.3, -0.25) is 9.36 Å². The number of amides is 1. The number of nitrogens with one attached hydrogen (secondary N) is 1. The van der Waals surface area contributed by atoms with Crippen LogP contribution in [0.5, 0.6) is 0 Å². The molecule has 2 aromatic carbocycles. The van der Waals surface area contributed by atoms with E-state index in [1.54, 1.807) is 16.7 Å². The van der Waals surface area contributed by atoms with Crippen molar-refractivity contribution in [2.24, 2.45) is 0 Å². The van der Waals surface area contributed by atoms with E-state index in [0.29, 0.717) is 29.4 Å². The predicted molar refractivity (Wildman–Crippen MR) is 131 cm³/mol. The zero-order valence-corrected chi connectivity index (χ0v) is 19.6. The maximum absolute atomic E-state index is 13.5. The monoisotopic (exact) mass is 490 g/mol. The third-order valence-electron chi connectivity index (χ3n) is 6.70. The molecule has 1 aliphatic heterocycles. The van der Waals surface area contributed by atoms with Crippen molar-refractivity contribution in [2.45, 2.75) is 31.2 Å². The first-order valence-corrected chi connectivity index (χ1v) is 13.4. The summed E-state index contributed by atoms with van der Waals surface area (Å²) in [5, 5.41) is 3.75. The number of fused-ring (bicyclic) bond motifs is 1.